The molecular formula is C8H13NO2. The van der Waals surface area contributed by atoms with Gasteiger partial charge >= 0.3 is 6.09 Å². The number of carbonyl (C=O) groups excluding carboxylic acids is 1. The molecule has 0 radical (unpaired) electrons. The van der Waals surface area contributed by atoms with Gasteiger partial charge in [-0.05, 0) is 13.3 Å². The third kappa shape index (κ3) is 3.51. The van der Waals surface area contributed by atoms with Crippen LogP contribution >= 0.6 is 0 Å². The van der Waals surface area contributed by atoms with Crippen molar-refractivity contribution >= 4 is 6.09 Å². The van der Waals surface area contributed by atoms with Gasteiger partial charge in [-0.25, -0.2) is 4.79 Å². The Labute approximate surface area is 66.9 Å². The van der Waals surface area contributed by atoms with E-state index >= 15 is 0 Å². The Morgan fingerprint density at radius 3 is 2.64 bits per heavy atom. The van der Waals surface area contributed by atoms with Crippen LogP contribution in [0.5, 0.6) is 0 Å². The number of terminal acetylenes is 1. The first kappa shape index (κ1) is 9.83. The van der Waals surface area contributed by atoms with E-state index < -0.39 is 11.7 Å². The Bertz CT molecular complexity index is 183. The maximum absolute atomic E-state index is 10.4. The summed E-state index contributed by atoms with van der Waals surface area (Å²) in [5.74, 6) is 2.43. The van der Waals surface area contributed by atoms with Crippen molar-refractivity contribution in [3.63, 3.8) is 0 Å². The first-order chi connectivity index (χ1) is 5.04. The lowest BCUT2D eigenvalue weighted by molar-refractivity contribution is 0.0321. The van der Waals surface area contributed by atoms with Crippen LogP contribution in [0.3, 0.4) is 0 Å². The average Bonchev–Trinajstić information content (AvgIpc) is 1.87. The molecule has 0 bridgehead atoms. The molecule has 11 heavy (non-hydrogen) atoms. The van der Waals surface area contributed by atoms with Crippen molar-refractivity contribution in [3.8, 4) is 12.3 Å². The fourth-order valence-corrected chi connectivity index (χ4v) is 0.692. The van der Waals surface area contributed by atoms with E-state index in [1.807, 2.05) is 6.92 Å². The number of amides is 1. The molecule has 3 heteroatoms. The molecule has 1 unspecified atom stereocenters. The lowest BCUT2D eigenvalue weighted by Gasteiger charge is -2.24. The molecule has 0 spiro atoms. The Balaban J connectivity index is 4.12. The van der Waals surface area contributed by atoms with Gasteiger partial charge in [-0.15, -0.1) is 12.3 Å². The van der Waals surface area contributed by atoms with E-state index in [-0.39, 0.29) is 0 Å². The highest BCUT2D eigenvalue weighted by atomic mass is 16.6. The van der Waals surface area contributed by atoms with E-state index in [1.165, 1.54) is 0 Å². The largest absolute Gasteiger partial charge is 0.442 e. The van der Waals surface area contributed by atoms with Crippen LogP contribution in [0.15, 0.2) is 0 Å². The lowest BCUT2D eigenvalue weighted by Crippen LogP contribution is -2.33. The van der Waals surface area contributed by atoms with Crippen LogP contribution in [-0.2, 0) is 4.74 Å². The zero-order chi connectivity index (χ0) is 8.91. The number of nitrogens with two attached hydrogens (primary N) is 1. The van der Waals surface area contributed by atoms with Crippen LogP contribution in [0.4, 0.5) is 4.79 Å². The van der Waals surface area contributed by atoms with Gasteiger partial charge in [0.15, 0.2) is 0 Å². The molecule has 0 aromatic carbocycles. The Morgan fingerprint density at radius 2 is 2.36 bits per heavy atom. The average molecular weight is 155 g/mol. The second-order valence-corrected chi connectivity index (χ2v) is 2.61. The molecule has 0 aliphatic rings. The summed E-state index contributed by atoms with van der Waals surface area (Å²) < 4.78 is 4.82. The fraction of sp³-hybridized carbons (Fsp3) is 0.625. The molecule has 0 aromatic heterocycles. The van der Waals surface area contributed by atoms with Gasteiger partial charge in [-0.1, -0.05) is 6.92 Å². The smallest absolute Gasteiger partial charge is 0.405 e. The minimum Gasteiger partial charge on any atom is -0.442 e. The Kier molecular flexibility index (Phi) is 3.46. The van der Waals surface area contributed by atoms with Crippen molar-refractivity contribution in [2.45, 2.75) is 32.3 Å². The first-order valence-electron chi connectivity index (χ1n) is 3.46. The number of rotatable bonds is 3. The van der Waals surface area contributed by atoms with Gasteiger partial charge in [0.1, 0.15) is 5.60 Å². The summed E-state index contributed by atoms with van der Waals surface area (Å²) >= 11 is 0. The van der Waals surface area contributed by atoms with Crippen LogP contribution in [-0.4, -0.2) is 11.7 Å². The highest BCUT2D eigenvalue weighted by Gasteiger charge is 2.24. The minimum absolute atomic E-state index is 0.395. The van der Waals surface area contributed by atoms with Crippen LogP contribution in [0.2, 0.25) is 0 Å². The Hall–Kier alpha value is -1.17. The van der Waals surface area contributed by atoms with Crippen molar-refractivity contribution < 1.29 is 9.53 Å². The number of carbonyl (C=O) groups is 1. The minimum atomic E-state index is -0.774. The van der Waals surface area contributed by atoms with Crippen LogP contribution in [0, 0.1) is 12.3 Å². The predicted octanol–water partition coefficient (Wildman–Crippen LogP) is 1.27. The van der Waals surface area contributed by atoms with Crippen molar-refractivity contribution in [2.75, 3.05) is 0 Å². The number of hydrogen-bond acceptors (Lipinski definition) is 2. The molecular weight excluding hydrogens is 142 g/mol. The summed E-state index contributed by atoms with van der Waals surface area (Å²) in [6, 6.07) is 0. The molecule has 1 atom stereocenters. The van der Waals surface area contributed by atoms with Crippen LogP contribution < -0.4 is 5.73 Å². The van der Waals surface area contributed by atoms with E-state index in [0.717, 1.165) is 0 Å². The SMILES string of the molecule is C#CCC(C)(CC)OC(N)=O. The zero-order valence-corrected chi connectivity index (χ0v) is 6.89. The summed E-state index contributed by atoms with van der Waals surface area (Å²) in [5.41, 5.74) is 4.26. The first-order valence-corrected chi connectivity index (χ1v) is 3.46. The maximum Gasteiger partial charge on any atom is 0.405 e. The third-order valence-corrected chi connectivity index (χ3v) is 1.57. The second kappa shape index (κ2) is 3.87. The molecule has 0 fully saturated rings. The fourth-order valence-electron chi connectivity index (χ4n) is 0.692. The molecule has 3 nitrogen and oxygen atoms in total. The molecule has 0 aliphatic carbocycles. The molecule has 0 saturated heterocycles. The number of primary amides is 1. The molecule has 2 N–H and O–H groups in total. The molecule has 0 aliphatic heterocycles. The van der Waals surface area contributed by atoms with E-state index in [0.29, 0.717) is 12.8 Å². The topological polar surface area (TPSA) is 52.3 Å². The van der Waals surface area contributed by atoms with Crippen molar-refractivity contribution in [3.05, 3.63) is 0 Å². The summed E-state index contributed by atoms with van der Waals surface area (Å²) in [6.45, 7) is 3.65. The van der Waals surface area contributed by atoms with Gasteiger partial charge in [-0.3, -0.25) is 0 Å². The Morgan fingerprint density at radius 1 is 1.82 bits per heavy atom. The molecule has 62 valence electrons. The standard InChI is InChI=1S/C8H13NO2/c1-4-6-8(3,5-2)11-7(9)10/h1H,5-6H2,2-3H3,(H2,9,10). The van der Waals surface area contributed by atoms with Gasteiger partial charge in [0.05, 0.1) is 0 Å². The highest BCUT2D eigenvalue weighted by Crippen LogP contribution is 2.18. The van der Waals surface area contributed by atoms with Gasteiger partial charge < -0.3 is 10.5 Å². The van der Waals surface area contributed by atoms with E-state index in [1.54, 1.807) is 6.92 Å². The summed E-state index contributed by atoms with van der Waals surface area (Å²) in [4.78, 5) is 10.4. The predicted molar refractivity (Wildman–Crippen MR) is 42.8 cm³/mol. The molecule has 0 saturated carbocycles. The van der Waals surface area contributed by atoms with Crippen molar-refractivity contribution in [1.29, 1.82) is 0 Å². The van der Waals surface area contributed by atoms with Gasteiger partial charge in [-0.2, -0.15) is 0 Å². The molecule has 0 heterocycles. The summed E-state index contributed by atoms with van der Waals surface area (Å²) in [6.07, 6.45) is 5.37. The molecule has 1 amide bonds. The second-order valence-electron chi connectivity index (χ2n) is 2.61. The van der Waals surface area contributed by atoms with E-state index in [9.17, 15) is 4.79 Å². The molecule has 0 aromatic rings. The summed E-state index contributed by atoms with van der Waals surface area (Å²) in [5, 5.41) is 0. The lowest BCUT2D eigenvalue weighted by atomic mass is 10.00. The number of hydrogen-bond donors (Lipinski definition) is 1. The highest BCUT2D eigenvalue weighted by molar-refractivity contribution is 5.65. The third-order valence-electron chi connectivity index (χ3n) is 1.57. The van der Waals surface area contributed by atoms with E-state index in [2.05, 4.69) is 5.92 Å². The van der Waals surface area contributed by atoms with E-state index in [4.69, 9.17) is 16.9 Å². The zero-order valence-electron chi connectivity index (χ0n) is 6.89. The van der Waals surface area contributed by atoms with Gasteiger partial charge in [0.2, 0.25) is 0 Å². The molecule has 0 rings (SSSR count). The quantitative estimate of drug-likeness (QED) is 0.624. The number of ether oxygens (including phenoxy) is 1. The van der Waals surface area contributed by atoms with Crippen molar-refractivity contribution in [1.82, 2.24) is 0 Å². The normalized spacial score (nSPS) is 14.6. The maximum atomic E-state index is 10.4. The van der Waals surface area contributed by atoms with Crippen LogP contribution in [0.25, 0.3) is 0 Å². The van der Waals surface area contributed by atoms with Gasteiger partial charge in [0.25, 0.3) is 0 Å². The van der Waals surface area contributed by atoms with Crippen molar-refractivity contribution in [2.24, 2.45) is 5.73 Å². The summed E-state index contributed by atoms with van der Waals surface area (Å²) in [7, 11) is 0. The van der Waals surface area contributed by atoms with Crippen LogP contribution in [0.1, 0.15) is 26.7 Å². The monoisotopic (exact) mass is 155 g/mol. The van der Waals surface area contributed by atoms with Gasteiger partial charge in [0, 0.05) is 6.42 Å².